The van der Waals surface area contributed by atoms with Crippen LogP contribution in [0.1, 0.15) is 5.56 Å². The van der Waals surface area contributed by atoms with Crippen molar-refractivity contribution in [2.24, 2.45) is 0 Å². The molecule has 3 heterocycles. The Hall–Kier alpha value is -3.10. The van der Waals surface area contributed by atoms with Crippen LogP contribution < -0.4 is 4.74 Å². The molecule has 0 saturated carbocycles. The molecule has 0 spiro atoms. The van der Waals surface area contributed by atoms with Gasteiger partial charge in [0.25, 0.3) is 5.88 Å². The largest absolute Gasteiger partial charge is 0.512 e. The second-order valence-corrected chi connectivity index (χ2v) is 4.48. The standard InChI is InChI=1S/C14H8F3N3O3/c15-14(16,17)9-4-5-18-7-8(9)11-19-12(23-13(21)22)10-3-1-2-6-20(10)11/h1-7H,(H,21,22). The summed E-state index contributed by atoms with van der Waals surface area (Å²) in [6.45, 7) is 0. The number of rotatable bonds is 2. The van der Waals surface area contributed by atoms with Gasteiger partial charge in [-0.1, -0.05) is 6.07 Å². The SMILES string of the molecule is O=C(O)Oc1nc(-c2cnccc2C(F)(F)F)n2ccccc12. The molecule has 9 heteroatoms. The van der Waals surface area contributed by atoms with Crippen LogP contribution in [0.4, 0.5) is 18.0 Å². The number of hydrogen-bond donors (Lipinski definition) is 1. The molecule has 0 bridgehead atoms. The monoisotopic (exact) mass is 323 g/mol. The van der Waals surface area contributed by atoms with Gasteiger partial charge in [-0.2, -0.15) is 18.2 Å². The van der Waals surface area contributed by atoms with Crippen LogP contribution in [-0.2, 0) is 6.18 Å². The molecule has 0 amide bonds. The zero-order valence-electron chi connectivity index (χ0n) is 11.3. The van der Waals surface area contributed by atoms with E-state index in [4.69, 9.17) is 5.11 Å². The molecular formula is C14H8F3N3O3. The van der Waals surface area contributed by atoms with E-state index in [0.29, 0.717) is 0 Å². The Bertz CT molecular complexity index is 890. The highest BCUT2D eigenvalue weighted by Crippen LogP contribution is 2.37. The molecule has 0 radical (unpaired) electrons. The lowest BCUT2D eigenvalue weighted by atomic mass is 10.1. The molecule has 0 aliphatic carbocycles. The van der Waals surface area contributed by atoms with E-state index in [2.05, 4.69) is 14.7 Å². The summed E-state index contributed by atoms with van der Waals surface area (Å²) in [6.07, 6.45) is -2.71. The lowest BCUT2D eigenvalue weighted by molar-refractivity contribution is -0.137. The summed E-state index contributed by atoms with van der Waals surface area (Å²) in [7, 11) is 0. The molecule has 0 atom stereocenters. The number of pyridine rings is 2. The lowest BCUT2D eigenvalue weighted by Gasteiger charge is -2.11. The van der Waals surface area contributed by atoms with Crippen LogP contribution in [-0.4, -0.2) is 25.6 Å². The van der Waals surface area contributed by atoms with Crippen molar-refractivity contribution in [3.63, 3.8) is 0 Å². The normalized spacial score (nSPS) is 11.6. The van der Waals surface area contributed by atoms with Crippen LogP contribution >= 0.6 is 0 Å². The molecule has 0 saturated heterocycles. The van der Waals surface area contributed by atoms with Gasteiger partial charge in [0.15, 0.2) is 5.82 Å². The van der Waals surface area contributed by atoms with Gasteiger partial charge in [-0.15, -0.1) is 0 Å². The predicted molar refractivity (Wildman–Crippen MR) is 72.1 cm³/mol. The lowest BCUT2D eigenvalue weighted by Crippen LogP contribution is -2.08. The average molecular weight is 323 g/mol. The molecule has 3 aromatic rings. The summed E-state index contributed by atoms with van der Waals surface area (Å²) in [5.41, 5.74) is -0.978. The van der Waals surface area contributed by atoms with E-state index < -0.39 is 17.9 Å². The van der Waals surface area contributed by atoms with Gasteiger partial charge in [0, 0.05) is 24.2 Å². The third-order valence-electron chi connectivity index (χ3n) is 3.07. The number of aromatic nitrogens is 3. The predicted octanol–water partition coefficient (Wildman–Crippen LogP) is 3.47. The quantitative estimate of drug-likeness (QED) is 0.731. The van der Waals surface area contributed by atoms with E-state index in [0.717, 1.165) is 18.5 Å². The van der Waals surface area contributed by atoms with Crippen molar-refractivity contribution >= 4 is 11.7 Å². The molecule has 0 aliphatic heterocycles. The van der Waals surface area contributed by atoms with Gasteiger partial charge >= 0.3 is 12.3 Å². The second kappa shape index (κ2) is 5.27. The third kappa shape index (κ3) is 2.68. The molecule has 23 heavy (non-hydrogen) atoms. The molecule has 0 unspecified atom stereocenters. The number of carbonyl (C=O) groups is 1. The first-order valence-electron chi connectivity index (χ1n) is 6.27. The molecule has 3 aromatic heterocycles. The Balaban J connectivity index is 2.28. The number of ether oxygens (including phenoxy) is 1. The Morgan fingerprint density at radius 2 is 2.04 bits per heavy atom. The van der Waals surface area contributed by atoms with Crippen molar-refractivity contribution in [3.8, 4) is 17.3 Å². The van der Waals surface area contributed by atoms with Crippen LogP contribution in [0.2, 0.25) is 0 Å². The van der Waals surface area contributed by atoms with E-state index >= 15 is 0 Å². The van der Waals surface area contributed by atoms with Crippen molar-refractivity contribution in [2.75, 3.05) is 0 Å². The van der Waals surface area contributed by atoms with Crippen LogP contribution in [0.3, 0.4) is 0 Å². The van der Waals surface area contributed by atoms with Crippen LogP contribution in [0.15, 0.2) is 42.9 Å². The van der Waals surface area contributed by atoms with E-state index in [-0.39, 0.29) is 22.8 Å². The highest BCUT2D eigenvalue weighted by atomic mass is 19.4. The van der Waals surface area contributed by atoms with Gasteiger partial charge in [0.2, 0.25) is 0 Å². The smallest absolute Gasteiger partial charge is 0.449 e. The van der Waals surface area contributed by atoms with Crippen molar-refractivity contribution in [1.29, 1.82) is 0 Å². The fraction of sp³-hybridized carbons (Fsp3) is 0.0714. The third-order valence-corrected chi connectivity index (χ3v) is 3.07. The Kier molecular flexibility index (Phi) is 3.40. The average Bonchev–Trinajstić information content (AvgIpc) is 2.85. The zero-order chi connectivity index (χ0) is 16.6. The highest BCUT2D eigenvalue weighted by Gasteiger charge is 2.35. The number of alkyl halides is 3. The van der Waals surface area contributed by atoms with Crippen molar-refractivity contribution < 1.29 is 27.8 Å². The topological polar surface area (TPSA) is 76.7 Å². The molecule has 0 aromatic carbocycles. The fourth-order valence-electron chi connectivity index (χ4n) is 2.18. The maximum Gasteiger partial charge on any atom is 0.512 e. The van der Waals surface area contributed by atoms with E-state index in [9.17, 15) is 18.0 Å². The van der Waals surface area contributed by atoms with Gasteiger partial charge in [-0.05, 0) is 18.2 Å². The van der Waals surface area contributed by atoms with Crippen molar-refractivity contribution in [2.45, 2.75) is 6.18 Å². The Morgan fingerprint density at radius 1 is 1.26 bits per heavy atom. The summed E-state index contributed by atoms with van der Waals surface area (Å²) in [5, 5.41) is 8.73. The summed E-state index contributed by atoms with van der Waals surface area (Å²) in [4.78, 5) is 18.3. The maximum atomic E-state index is 13.2. The summed E-state index contributed by atoms with van der Waals surface area (Å²) in [5.74, 6) is -0.414. The van der Waals surface area contributed by atoms with Gasteiger partial charge < -0.3 is 9.84 Å². The minimum absolute atomic E-state index is 0.114. The molecule has 0 fully saturated rings. The number of halogens is 3. The molecule has 118 valence electrons. The number of hydrogen-bond acceptors (Lipinski definition) is 4. The van der Waals surface area contributed by atoms with Crippen molar-refractivity contribution in [1.82, 2.24) is 14.4 Å². The van der Waals surface area contributed by atoms with Crippen LogP contribution in [0.5, 0.6) is 5.88 Å². The molecule has 1 N–H and O–H groups in total. The highest BCUT2D eigenvalue weighted by molar-refractivity contribution is 5.73. The van der Waals surface area contributed by atoms with Gasteiger partial charge in [-0.25, -0.2) is 4.79 Å². The number of carboxylic acid groups (broad SMARTS) is 1. The summed E-state index contributed by atoms with van der Waals surface area (Å²) < 4.78 is 45.3. The molecule has 6 nitrogen and oxygen atoms in total. The molecule has 0 aliphatic rings. The van der Waals surface area contributed by atoms with Crippen LogP contribution in [0.25, 0.3) is 16.9 Å². The first-order chi connectivity index (χ1) is 10.9. The second-order valence-electron chi connectivity index (χ2n) is 4.48. The number of fused-ring (bicyclic) bond motifs is 1. The minimum Gasteiger partial charge on any atom is -0.449 e. The Morgan fingerprint density at radius 3 is 2.74 bits per heavy atom. The number of nitrogens with zero attached hydrogens (tertiary/aromatic N) is 3. The van der Waals surface area contributed by atoms with Gasteiger partial charge in [0.1, 0.15) is 5.52 Å². The van der Waals surface area contributed by atoms with E-state index in [1.54, 1.807) is 12.1 Å². The summed E-state index contributed by atoms with van der Waals surface area (Å²) in [6, 6.07) is 5.48. The number of imidazole rings is 1. The molecular weight excluding hydrogens is 315 g/mol. The molecule has 3 rings (SSSR count). The zero-order valence-corrected chi connectivity index (χ0v) is 11.3. The summed E-state index contributed by atoms with van der Waals surface area (Å²) >= 11 is 0. The van der Waals surface area contributed by atoms with Gasteiger partial charge in [0.05, 0.1) is 5.56 Å². The Labute approximate surface area is 126 Å². The van der Waals surface area contributed by atoms with Crippen molar-refractivity contribution in [3.05, 3.63) is 48.4 Å². The maximum absolute atomic E-state index is 13.2. The van der Waals surface area contributed by atoms with Gasteiger partial charge in [-0.3, -0.25) is 9.38 Å². The first kappa shape index (κ1) is 14.8. The van der Waals surface area contributed by atoms with Crippen LogP contribution in [0, 0.1) is 0 Å². The fourth-order valence-corrected chi connectivity index (χ4v) is 2.18. The van der Waals surface area contributed by atoms with E-state index in [1.165, 1.54) is 16.7 Å². The van der Waals surface area contributed by atoms with E-state index in [1.807, 2.05) is 0 Å². The first-order valence-corrected chi connectivity index (χ1v) is 6.27. The minimum atomic E-state index is -4.60.